The van der Waals surface area contributed by atoms with Crippen LogP contribution in [0, 0.1) is 6.92 Å². The van der Waals surface area contributed by atoms with Gasteiger partial charge in [-0.1, -0.05) is 5.16 Å². The van der Waals surface area contributed by atoms with Crippen LogP contribution in [0.25, 0.3) is 0 Å². The Bertz CT molecular complexity index is 349. The molecule has 0 aliphatic carbocycles. The van der Waals surface area contributed by atoms with Crippen LogP contribution in [0.1, 0.15) is 11.7 Å². The molecular weight excluding hydrogens is 184 g/mol. The monoisotopic (exact) mass is 196 g/mol. The average molecular weight is 196 g/mol. The highest BCUT2D eigenvalue weighted by Crippen LogP contribution is 2.08. The Kier molecular flexibility index (Phi) is 2.20. The third-order valence-corrected chi connectivity index (χ3v) is 2.22. The number of aromatic nitrogens is 2. The van der Waals surface area contributed by atoms with Crippen LogP contribution >= 0.6 is 0 Å². The highest BCUT2D eigenvalue weighted by molar-refractivity contribution is 5.87. The van der Waals surface area contributed by atoms with Crippen LogP contribution in [0.5, 0.6) is 0 Å². The fraction of sp³-hybridized carbons (Fsp3) is 0.625. The molecule has 6 nitrogen and oxygen atoms in total. The zero-order valence-electron chi connectivity index (χ0n) is 7.93. The first-order valence-corrected chi connectivity index (χ1v) is 4.50. The second kappa shape index (κ2) is 3.38. The van der Waals surface area contributed by atoms with Crippen molar-refractivity contribution in [1.29, 1.82) is 0 Å². The van der Waals surface area contributed by atoms with E-state index in [0.29, 0.717) is 31.2 Å². The molecule has 1 aliphatic rings. The quantitative estimate of drug-likeness (QED) is 0.632. The number of hydrogen-bond donors (Lipinski definition) is 1. The van der Waals surface area contributed by atoms with Crippen molar-refractivity contribution in [2.75, 3.05) is 13.1 Å². The standard InChI is InChI=1S/C8H12N4O2/c1-5-10-7(11-14-5)2-3-12-4-6(9)8(12)13/h6H,2-4,9H2,1H3. The molecule has 76 valence electrons. The first-order valence-electron chi connectivity index (χ1n) is 4.50. The number of hydrogen-bond acceptors (Lipinski definition) is 5. The van der Waals surface area contributed by atoms with Gasteiger partial charge in [0.1, 0.15) is 6.04 Å². The molecular formula is C8H12N4O2. The zero-order chi connectivity index (χ0) is 10.1. The number of nitrogens with two attached hydrogens (primary N) is 1. The van der Waals surface area contributed by atoms with Gasteiger partial charge in [0.2, 0.25) is 11.8 Å². The summed E-state index contributed by atoms with van der Waals surface area (Å²) in [7, 11) is 0. The predicted molar refractivity (Wildman–Crippen MR) is 47.3 cm³/mol. The van der Waals surface area contributed by atoms with Crippen LogP contribution in [0.3, 0.4) is 0 Å². The van der Waals surface area contributed by atoms with Gasteiger partial charge in [0.15, 0.2) is 5.82 Å². The number of nitrogens with zero attached hydrogens (tertiary/aromatic N) is 3. The molecule has 0 radical (unpaired) electrons. The normalized spacial score (nSPS) is 21.1. The van der Waals surface area contributed by atoms with E-state index in [1.165, 1.54) is 0 Å². The molecule has 0 bridgehead atoms. The number of β-lactam (4-membered cyclic amide) rings is 1. The highest BCUT2D eigenvalue weighted by Gasteiger charge is 2.32. The van der Waals surface area contributed by atoms with Gasteiger partial charge in [-0.3, -0.25) is 4.79 Å². The molecule has 1 atom stereocenters. The molecule has 2 heterocycles. The van der Waals surface area contributed by atoms with Gasteiger partial charge < -0.3 is 15.2 Å². The second-order valence-corrected chi connectivity index (χ2v) is 3.37. The molecule has 1 aliphatic heterocycles. The van der Waals surface area contributed by atoms with Gasteiger partial charge >= 0.3 is 0 Å². The van der Waals surface area contributed by atoms with Gasteiger partial charge in [-0.05, 0) is 0 Å². The fourth-order valence-corrected chi connectivity index (χ4v) is 1.41. The van der Waals surface area contributed by atoms with Crippen molar-refractivity contribution >= 4 is 5.91 Å². The minimum absolute atomic E-state index is 0.00483. The summed E-state index contributed by atoms with van der Waals surface area (Å²) in [6, 6.07) is -0.304. The molecule has 2 N–H and O–H groups in total. The van der Waals surface area contributed by atoms with E-state index >= 15 is 0 Å². The van der Waals surface area contributed by atoms with Crippen molar-refractivity contribution < 1.29 is 9.32 Å². The highest BCUT2D eigenvalue weighted by atomic mass is 16.5. The lowest BCUT2D eigenvalue weighted by molar-refractivity contribution is -0.142. The van der Waals surface area contributed by atoms with Gasteiger partial charge in [0, 0.05) is 26.4 Å². The Morgan fingerprint density at radius 1 is 1.71 bits per heavy atom. The number of carbonyl (C=O) groups is 1. The molecule has 1 fully saturated rings. The van der Waals surface area contributed by atoms with E-state index in [0.717, 1.165) is 0 Å². The summed E-state index contributed by atoms with van der Waals surface area (Å²) in [5, 5.41) is 3.73. The Morgan fingerprint density at radius 3 is 3.00 bits per heavy atom. The van der Waals surface area contributed by atoms with Crippen LogP contribution in [-0.4, -0.2) is 40.1 Å². The third-order valence-electron chi connectivity index (χ3n) is 2.22. The van der Waals surface area contributed by atoms with E-state index in [2.05, 4.69) is 10.1 Å². The number of rotatable bonds is 3. The molecule has 2 rings (SSSR count). The summed E-state index contributed by atoms with van der Waals surface area (Å²) >= 11 is 0. The van der Waals surface area contributed by atoms with Gasteiger partial charge in [-0.25, -0.2) is 0 Å². The minimum Gasteiger partial charge on any atom is -0.340 e. The zero-order valence-corrected chi connectivity index (χ0v) is 7.93. The largest absolute Gasteiger partial charge is 0.340 e. The van der Waals surface area contributed by atoms with E-state index < -0.39 is 0 Å². The molecule has 1 amide bonds. The van der Waals surface area contributed by atoms with Gasteiger partial charge in [0.05, 0.1) is 0 Å². The molecule has 1 aromatic rings. The summed E-state index contributed by atoms with van der Waals surface area (Å²) < 4.78 is 4.81. The first kappa shape index (κ1) is 9.14. The molecule has 0 aromatic carbocycles. The number of carbonyl (C=O) groups excluding carboxylic acids is 1. The van der Waals surface area contributed by atoms with E-state index in [1.807, 2.05) is 0 Å². The van der Waals surface area contributed by atoms with Crippen LogP contribution in [0.4, 0.5) is 0 Å². The van der Waals surface area contributed by atoms with Crippen molar-refractivity contribution in [2.45, 2.75) is 19.4 Å². The molecule has 0 spiro atoms. The van der Waals surface area contributed by atoms with E-state index in [9.17, 15) is 4.79 Å². The predicted octanol–water partition coefficient (Wildman–Crippen LogP) is -0.910. The van der Waals surface area contributed by atoms with Gasteiger partial charge in [-0.15, -0.1) is 0 Å². The summed E-state index contributed by atoms with van der Waals surface area (Å²) in [4.78, 5) is 16.9. The molecule has 1 saturated heterocycles. The van der Waals surface area contributed by atoms with Gasteiger partial charge in [-0.2, -0.15) is 4.98 Å². The van der Waals surface area contributed by atoms with Crippen molar-refractivity contribution in [3.63, 3.8) is 0 Å². The lowest BCUT2D eigenvalue weighted by atomic mass is 10.1. The Hall–Kier alpha value is -1.43. The van der Waals surface area contributed by atoms with Crippen LogP contribution in [0.2, 0.25) is 0 Å². The van der Waals surface area contributed by atoms with Crippen LogP contribution in [0.15, 0.2) is 4.52 Å². The molecule has 1 aromatic heterocycles. The average Bonchev–Trinajstić information content (AvgIpc) is 2.58. The van der Waals surface area contributed by atoms with Crippen molar-refractivity contribution in [2.24, 2.45) is 5.73 Å². The fourth-order valence-electron chi connectivity index (χ4n) is 1.41. The third kappa shape index (κ3) is 1.60. The summed E-state index contributed by atoms with van der Waals surface area (Å²) in [6.45, 7) is 2.99. The van der Waals surface area contributed by atoms with E-state index in [-0.39, 0.29) is 11.9 Å². The topological polar surface area (TPSA) is 85.3 Å². The molecule has 0 saturated carbocycles. The summed E-state index contributed by atoms with van der Waals surface area (Å²) in [6.07, 6.45) is 0.621. The SMILES string of the molecule is Cc1nc(CCN2CC(N)C2=O)no1. The summed E-state index contributed by atoms with van der Waals surface area (Å²) in [5.41, 5.74) is 5.44. The first-order chi connectivity index (χ1) is 6.66. The second-order valence-electron chi connectivity index (χ2n) is 3.37. The molecule has 1 unspecified atom stereocenters. The lowest BCUT2D eigenvalue weighted by Crippen LogP contribution is -2.61. The Labute approximate surface area is 81.1 Å². The smallest absolute Gasteiger partial charge is 0.241 e. The maximum absolute atomic E-state index is 11.1. The Morgan fingerprint density at radius 2 is 2.50 bits per heavy atom. The number of likely N-dealkylation sites (tertiary alicyclic amines) is 1. The van der Waals surface area contributed by atoms with Crippen molar-refractivity contribution in [3.05, 3.63) is 11.7 Å². The van der Waals surface area contributed by atoms with Crippen molar-refractivity contribution in [1.82, 2.24) is 15.0 Å². The van der Waals surface area contributed by atoms with Gasteiger partial charge in [0.25, 0.3) is 0 Å². The van der Waals surface area contributed by atoms with Crippen molar-refractivity contribution in [3.8, 4) is 0 Å². The van der Waals surface area contributed by atoms with Crippen LogP contribution < -0.4 is 5.73 Å². The lowest BCUT2D eigenvalue weighted by Gasteiger charge is -2.35. The number of amides is 1. The minimum atomic E-state index is -0.304. The maximum atomic E-state index is 11.1. The maximum Gasteiger partial charge on any atom is 0.241 e. The number of aryl methyl sites for hydroxylation is 1. The van der Waals surface area contributed by atoms with E-state index in [1.54, 1.807) is 11.8 Å². The van der Waals surface area contributed by atoms with Crippen LogP contribution in [-0.2, 0) is 11.2 Å². The summed E-state index contributed by atoms with van der Waals surface area (Å²) in [5.74, 6) is 1.19. The molecule has 6 heteroatoms. The Balaban J connectivity index is 1.81. The molecule has 14 heavy (non-hydrogen) atoms. The van der Waals surface area contributed by atoms with E-state index in [4.69, 9.17) is 10.3 Å².